The molecule has 1 amide bonds. The van der Waals surface area contributed by atoms with Crippen molar-refractivity contribution < 1.29 is 17.9 Å². The van der Waals surface area contributed by atoms with Gasteiger partial charge in [0.1, 0.15) is 5.75 Å². The van der Waals surface area contributed by atoms with E-state index in [0.29, 0.717) is 18.0 Å². The Morgan fingerprint density at radius 1 is 0.941 bits per heavy atom. The van der Waals surface area contributed by atoms with E-state index < -0.39 is 16.1 Å². The molecule has 0 spiro atoms. The molecular formula is C27H24N2O4S. The van der Waals surface area contributed by atoms with Crippen molar-refractivity contribution in [3.8, 4) is 5.75 Å². The highest BCUT2D eigenvalue weighted by molar-refractivity contribution is 7.92. The van der Waals surface area contributed by atoms with Crippen molar-refractivity contribution in [3.63, 3.8) is 0 Å². The first-order valence-electron chi connectivity index (χ1n) is 11.0. The van der Waals surface area contributed by atoms with Crippen LogP contribution in [-0.4, -0.2) is 27.0 Å². The van der Waals surface area contributed by atoms with Crippen LogP contribution in [0.1, 0.15) is 11.1 Å². The predicted molar refractivity (Wildman–Crippen MR) is 132 cm³/mol. The van der Waals surface area contributed by atoms with Gasteiger partial charge in [-0.2, -0.15) is 0 Å². The van der Waals surface area contributed by atoms with Gasteiger partial charge in [-0.05, 0) is 59.2 Å². The summed E-state index contributed by atoms with van der Waals surface area (Å²) in [6.07, 6.45) is -0.978. The van der Waals surface area contributed by atoms with Crippen molar-refractivity contribution in [2.75, 3.05) is 10.8 Å². The van der Waals surface area contributed by atoms with Crippen LogP contribution in [0.2, 0.25) is 0 Å². The maximum atomic E-state index is 13.4. The molecule has 1 heterocycles. The molecule has 34 heavy (non-hydrogen) atoms. The Labute approximate surface area is 198 Å². The number of hydrogen-bond donors (Lipinski definition) is 1. The molecule has 0 aromatic heterocycles. The Morgan fingerprint density at radius 3 is 2.47 bits per heavy atom. The number of amides is 1. The molecule has 1 atom stereocenters. The minimum Gasteiger partial charge on any atom is -0.476 e. The van der Waals surface area contributed by atoms with E-state index in [1.165, 1.54) is 4.31 Å². The van der Waals surface area contributed by atoms with Crippen molar-refractivity contribution in [3.05, 3.63) is 102 Å². The highest BCUT2D eigenvalue weighted by Crippen LogP contribution is 2.37. The normalized spacial score (nSPS) is 15.4. The lowest BCUT2D eigenvalue weighted by molar-refractivity contribution is -0.127. The van der Waals surface area contributed by atoms with Gasteiger partial charge in [0.15, 0.2) is 6.10 Å². The van der Waals surface area contributed by atoms with Crippen LogP contribution >= 0.6 is 0 Å². The van der Waals surface area contributed by atoms with Crippen LogP contribution in [0.25, 0.3) is 10.8 Å². The molecule has 0 fully saturated rings. The van der Waals surface area contributed by atoms with Gasteiger partial charge in [-0.25, -0.2) is 8.42 Å². The summed E-state index contributed by atoms with van der Waals surface area (Å²) in [4.78, 5) is 13.2. The third-order valence-electron chi connectivity index (χ3n) is 5.89. The maximum Gasteiger partial charge on any atom is 0.264 e. The first kappa shape index (κ1) is 22.0. The van der Waals surface area contributed by atoms with Gasteiger partial charge in [0.05, 0.1) is 17.1 Å². The van der Waals surface area contributed by atoms with Gasteiger partial charge in [-0.3, -0.25) is 9.10 Å². The number of hydrogen-bond acceptors (Lipinski definition) is 4. The average Bonchev–Trinajstić information content (AvgIpc) is 2.86. The number of sulfonamides is 1. The summed E-state index contributed by atoms with van der Waals surface area (Å²) < 4.78 is 34.1. The molecule has 4 aromatic carbocycles. The van der Waals surface area contributed by atoms with E-state index in [1.54, 1.807) is 42.5 Å². The zero-order chi connectivity index (χ0) is 23.7. The minimum atomic E-state index is -3.87. The SMILES string of the molecule is Cc1ccc2c(c1)O[C@H](C(=O)NCc1ccc3ccccc3c1)CN2S(=O)(=O)c1ccccc1. The molecule has 0 aliphatic carbocycles. The minimum absolute atomic E-state index is 0.114. The molecule has 6 nitrogen and oxygen atoms in total. The second-order valence-electron chi connectivity index (χ2n) is 8.33. The Bertz CT molecular complexity index is 1470. The van der Waals surface area contributed by atoms with Gasteiger partial charge < -0.3 is 10.1 Å². The van der Waals surface area contributed by atoms with Gasteiger partial charge in [0.25, 0.3) is 15.9 Å². The van der Waals surface area contributed by atoms with Gasteiger partial charge in [-0.1, -0.05) is 60.7 Å². The number of fused-ring (bicyclic) bond motifs is 2. The fourth-order valence-electron chi connectivity index (χ4n) is 4.10. The van der Waals surface area contributed by atoms with Crippen LogP contribution in [0.5, 0.6) is 5.75 Å². The number of rotatable bonds is 5. The first-order chi connectivity index (χ1) is 16.4. The molecular weight excluding hydrogens is 448 g/mol. The van der Waals surface area contributed by atoms with Crippen molar-refractivity contribution in [1.29, 1.82) is 0 Å². The van der Waals surface area contributed by atoms with Crippen LogP contribution in [0.15, 0.2) is 95.9 Å². The molecule has 1 N–H and O–H groups in total. The fraction of sp³-hybridized carbons (Fsp3) is 0.148. The zero-order valence-electron chi connectivity index (χ0n) is 18.6. The molecule has 1 aliphatic rings. The topological polar surface area (TPSA) is 75.7 Å². The van der Waals surface area contributed by atoms with Gasteiger partial charge in [-0.15, -0.1) is 0 Å². The van der Waals surface area contributed by atoms with Gasteiger partial charge in [0, 0.05) is 6.54 Å². The number of carbonyl (C=O) groups excluding carboxylic acids is 1. The highest BCUT2D eigenvalue weighted by Gasteiger charge is 2.37. The molecule has 7 heteroatoms. The lowest BCUT2D eigenvalue weighted by atomic mass is 10.1. The molecule has 1 aliphatic heterocycles. The summed E-state index contributed by atoms with van der Waals surface area (Å²) in [5.41, 5.74) is 2.29. The molecule has 0 bridgehead atoms. The smallest absolute Gasteiger partial charge is 0.264 e. The van der Waals surface area contributed by atoms with Crippen LogP contribution in [0.4, 0.5) is 5.69 Å². The standard InChI is InChI=1S/C27H24N2O4S/c1-19-11-14-24-25(15-19)33-26(18-29(24)34(31,32)23-9-3-2-4-10-23)27(30)28-17-20-12-13-21-7-5-6-8-22(21)16-20/h2-16,26H,17-18H2,1H3,(H,28,30)/t26-/m0/s1. The summed E-state index contributed by atoms with van der Waals surface area (Å²) in [6.45, 7) is 2.09. The largest absolute Gasteiger partial charge is 0.476 e. The highest BCUT2D eigenvalue weighted by atomic mass is 32.2. The molecule has 0 radical (unpaired) electrons. The van der Waals surface area contributed by atoms with E-state index in [2.05, 4.69) is 5.32 Å². The van der Waals surface area contributed by atoms with Crippen LogP contribution in [-0.2, 0) is 21.4 Å². The predicted octanol–water partition coefficient (Wildman–Crippen LogP) is 4.42. The summed E-state index contributed by atoms with van der Waals surface area (Å²) in [7, 11) is -3.87. The summed E-state index contributed by atoms with van der Waals surface area (Å²) in [5.74, 6) is 0.00480. The molecule has 0 unspecified atom stereocenters. The number of carbonyl (C=O) groups is 1. The molecule has 172 valence electrons. The lowest BCUT2D eigenvalue weighted by Crippen LogP contribution is -2.50. The van der Waals surface area contributed by atoms with E-state index in [9.17, 15) is 13.2 Å². The summed E-state index contributed by atoms with van der Waals surface area (Å²) >= 11 is 0. The van der Waals surface area contributed by atoms with Crippen molar-refractivity contribution >= 4 is 32.4 Å². The monoisotopic (exact) mass is 472 g/mol. The van der Waals surface area contributed by atoms with Crippen molar-refractivity contribution in [1.82, 2.24) is 5.32 Å². The van der Waals surface area contributed by atoms with Crippen molar-refractivity contribution in [2.24, 2.45) is 0 Å². The van der Waals surface area contributed by atoms with E-state index >= 15 is 0 Å². The number of benzene rings is 4. The van der Waals surface area contributed by atoms with Crippen LogP contribution in [0.3, 0.4) is 0 Å². The second kappa shape index (κ2) is 8.83. The molecule has 4 aromatic rings. The average molecular weight is 473 g/mol. The number of nitrogens with one attached hydrogen (secondary N) is 1. The quantitative estimate of drug-likeness (QED) is 0.467. The summed E-state index contributed by atoms with van der Waals surface area (Å²) in [5, 5.41) is 5.12. The van der Waals surface area contributed by atoms with E-state index in [1.807, 2.05) is 55.5 Å². The Hall–Kier alpha value is -3.84. The Morgan fingerprint density at radius 2 is 1.68 bits per heavy atom. The van der Waals surface area contributed by atoms with Crippen LogP contribution in [0, 0.1) is 6.92 Å². The Kier molecular flexibility index (Phi) is 5.71. The summed E-state index contributed by atoms with van der Waals surface area (Å²) in [6, 6.07) is 27.5. The number of aryl methyl sites for hydroxylation is 1. The molecule has 0 saturated heterocycles. The molecule has 0 saturated carbocycles. The number of anilines is 1. The number of nitrogens with zero attached hydrogens (tertiary/aromatic N) is 1. The third kappa shape index (κ3) is 4.22. The Balaban J connectivity index is 1.40. The van der Waals surface area contributed by atoms with E-state index in [-0.39, 0.29) is 17.3 Å². The van der Waals surface area contributed by atoms with E-state index in [0.717, 1.165) is 21.9 Å². The lowest BCUT2D eigenvalue weighted by Gasteiger charge is -2.35. The number of ether oxygens (including phenoxy) is 1. The van der Waals surface area contributed by atoms with Gasteiger partial charge in [0.2, 0.25) is 0 Å². The second-order valence-corrected chi connectivity index (χ2v) is 10.2. The maximum absolute atomic E-state index is 13.4. The van der Waals surface area contributed by atoms with Crippen LogP contribution < -0.4 is 14.4 Å². The fourth-order valence-corrected chi connectivity index (χ4v) is 5.59. The van der Waals surface area contributed by atoms with E-state index in [4.69, 9.17) is 4.74 Å². The first-order valence-corrected chi connectivity index (χ1v) is 12.5. The third-order valence-corrected chi connectivity index (χ3v) is 7.68. The van der Waals surface area contributed by atoms with Gasteiger partial charge >= 0.3 is 0 Å². The molecule has 5 rings (SSSR count). The van der Waals surface area contributed by atoms with Crippen molar-refractivity contribution in [2.45, 2.75) is 24.5 Å². The zero-order valence-corrected chi connectivity index (χ0v) is 19.5.